The monoisotopic (exact) mass is 537 g/mol. The third kappa shape index (κ3) is 6.27. The van der Waals surface area contributed by atoms with Gasteiger partial charge in [0.1, 0.15) is 5.54 Å². The van der Waals surface area contributed by atoms with Gasteiger partial charge in [-0.15, -0.1) is 0 Å². The van der Waals surface area contributed by atoms with E-state index in [2.05, 4.69) is 21.3 Å². The van der Waals surface area contributed by atoms with Gasteiger partial charge >= 0.3 is 0 Å². The second kappa shape index (κ2) is 12.0. The van der Waals surface area contributed by atoms with Crippen LogP contribution >= 0.6 is 11.6 Å². The van der Waals surface area contributed by atoms with Gasteiger partial charge in [0.15, 0.2) is 0 Å². The third-order valence-corrected chi connectivity index (χ3v) is 6.86. The lowest BCUT2D eigenvalue weighted by Crippen LogP contribution is -2.63. The van der Waals surface area contributed by atoms with Crippen LogP contribution in [0.2, 0.25) is 5.02 Å². The summed E-state index contributed by atoms with van der Waals surface area (Å²) in [6.07, 6.45) is 0.781. The van der Waals surface area contributed by atoms with E-state index in [-0.39, 0.29) is 42.9 Å². The third-order valence-electron chi connectivity index (χ3n) is 6.61. The molecule has 1 aliphatic heterocycles. The largest absolute Gasteiger partial charge is 0.352 e. The maximum absolute atomic E-state index is 13.2. The van der Waals surface area contributed by atoms with Crippen molar-refractivity contribution in [3.8, 4) is 0 Å². The first-order valence-corrected chi connectivity index (χ1v) is 12.7. The molecule has 3 aromatic rings. The quantitative estimate of drug-likeness (QED) is 0.188. The molecule has 3 aromatic carbocycles. The zero-order valence-corrected chi connectivity index (χ0v) is 21.3. The van der Waals surface area contributed by atoms with Crippen LogP contribution in [0.25, 0.3) is 10.8 Å². The molecule has 1 fully saturated rings. The summed E-state index contributed by atoms with van der Waals surface area (Å²) in [5.41, 5.74) is -0.0270. The maximum Gasteiger partial charge on any atom is 0.277 e. The number of hydrogen-bond donors (Lipinski definition) is 4. The fraction of sp³-hybridized carbons (Fsp3) is 0.296. The van der Waals surface area contributed by atoms with Crippen LogP contribution in [0.3, 0.4) is 0 Å². The number of carbonyl (C=O) groups excluding carboxylic acids is 3. The van der Waals surface area contributed by atoms with E-state index in [0.717, 1.165) is 0 Å². The van der Waals surface area contributed by atoms with Crippen molar-refractivity contribution in [2.75, 3.05) is 26.2 Å². The molecule has 38 heavy (non-hydrogen) atoms. The van der Waals surface area contributed by atoms with E-state index in [0.29, 0.717) is 52.9 Å². The molecule has 4 rings (SSSR count). The molecule has 0 aliphatic carbocycles. The number of piperidine rings is 1. The molecule has 0 radical (unpaired) electrons. The van der Waals surface area contributed by atoms with Gasteiger partial charge in [0.25, 0.3) is 11.6 Å². The Morgan fingerprint density at radius 1 is 0.921 bits per heavy atom. The summed E-state index contributed by atoms with van der Waals surface area (Å²) in [6.45, 7) is 1.52. The molecular formula is C27H28ClN5O5. The molecule has 0 saturated carbocycles. The number of nitro benzene ring substituents is 1. The minimum atomic E-state index is -1.10. The summed E-state index contributed by atoms with van der Waals surface area (Å²) >= 11 is 5.85. The number of nitro groups is 1. The molecule has 1 saturated heterocycles. The van der Waals surface area contributed by atoms with Crippen molar-refractivity contribution in [1.82, 2.24) is 21.3 Å². The molecule has 0 atom stereocenters. The summed E-state index contributed by atoms with van der Waals surface area (Å²) < 4.78 is 0. The van der Waals surface area contributed by atoms with Gasteiger partial charge in [-0.25, -0.2) is 0 Å². The van der Waals surface area contributed by atoms with Gasteiger partial charge in [0, 0.05) is 29.7 Å². The molecule has 0 aromatic heterocycles. The van der Waals surface area contributed by atoms with Gasteiger partial charge in [-0.3, -0.25) is 24.5 Å². The SMILES string of the molecule is O=C(Cc1ccc([N+](=O)[O-])c2ccccc12)NC1(C(=O)NCCNC(=O)c2ccc(Cl)cc2)CCNCC1. The standard InChI is InChI=1S/C27H28ClN5O5/c28-20-8-5-18(6-9-20)25(35)30-15-16-31-26(36)27(11-13-29-14-12-27)32-24(34)17-19-7-10-23(33(37)38)22-4-2-1-3-21(19)22/h1-10,29H,11-17H2,(H,30,35)(H,31,36)(H,32,34). The van der Waals surface area contributed by atoms with Crippen molar-refractivity contribution in [1.29, 1.82) is 0 Å². The number of carbonyl (C=O) groups is 3. The molecule has 198 valence electrons. The average molecular weight is 538 g/mol. The van der Waals surface area contributed by atoms with Crippen LogP contribution in [-0.4, -0.2) is 54.4 Å². The van der Waals surface area contributed by atoms with Gasteiger partial charge in [-0.1, -0.05) is 35.9 Å². The number of benzene rings is 3. The number of amides is 3. The van der Waals surface area contributed by atoms with E-state index in [4.69, 9.17) is 11.6 Å². The fourth-order valence-corrected chi connectivity index (χ4v) is 4.76. The van der Waals surface area contributed by atoms with Crippen molar-refractivity contribution < 1.29 is 19.3 Å². The summed E-state index contributed by atoms with van der Waals surface area (Å²) in [4.78, 5) is 49.6. The first kappa shape index (κ1) is 27.0. The predicted octanol–water partition coefficient (Wildman–Crippen LogP) is 2.73. The van der Waals surface area contributed by atoms with Gasteiger partial charge in [0.2, 0.25) is 11.8 Å². The highest BCUT2D eigenvalue weighted by atomic mass is 35.5. The average Bonchev–Trinajstić information content (AvgIpc) is 2.91. The van der Waals surface area contributed by atoms with Crippen LogP contribution in [0.1, 0.15) is 28.8 Å². The van der Waals surface area contributed by atoms with Gasteiger partial charge in [0.05, 0.1) is 16.7 Å². The minimum Gasteiger partial charge on any atom is -0.352 e. The Labute approximate surface area is 224 Å². The second-order valence-electron chi connectivity index (χ2n) is 9.12. The Hall–Kier alpha value is -4.02. The number of hydrogen-bond acceptors (Lipinski definition) is 6. The molecule has 4 N–H and O–H groups in total. The number of nitrogens with zero attached hydrogens (tertiary/aromatic N) is 1. The Morgan fingerprint density at radius 2 is 1.58 bits per heavy atom. The normalized spacial score (nSPS) is 14.4. The predicted molar refractivity (Wildman–Crippen MR) is 144 cm³/mol. The molecule has 1 aliphatic rings. The first-order chi connectivity index (χ1) is 18.3. The van der Waals surface area contributed by atoms with Crippen molar-refractivity contribution in [3.63, 3.8) is 0 Å². The van der Waals surface area contributed by atoms with Crippen molar-refractivity contribution >= 4 is 45.8 Å². The second-order valence-corrected chi connectivity index (χ2v) is 9.56. The molecule has 11 heteroatoms. The first-order valence-electron chi connectivity index (χ1n) is 12.3. The highest BCUT2D eigenvalue weighted by Crippen LogP contribution is 2.29. The maximum atomic E-state index is 13.2. The van der Waals surface area contributed by atoms with Crippen LogP contribution < -0.4 is 21.3 Å². The molecule has 10 nitrogen and oxygen atoms in total. The van der Waals surface area contributed by atoms with Crippen LogP contribution in [0, 0.1) is 10.1 Å². The lowest BCUT2D eigenvalue weighted by Gasteiger charge is -2.37. The smallest absolute Gasteiger partial charge is 0.277 e. The lowest BCUT2D eigenvalue weighted by molar-refractivity contribution is -0.383. The molecule has 1 heterocycles. The highest BCUT2D eigenvalue weighted by molar-refractivity contribution is 6.30. The van der Waals surface area contributed by atoms with E-state index < -0.39 is 10.5 Å². The van der Waals surface area contributed by atoms with Gasteiger partial charge in [-0.05, 0) is 67.2 Å². The Morgan fingerprint density at radius 3 is 2.26 bits per heavy atom. The number of rotatable bonds is 9. The summed E-state index contributed by atoms with van der Waals surface area (Å²) in [6, 6.07) is 16.3. The van der Waals surface area contributed by atoms with Gasteiger partial charge < -0.3 is 21.3 Å². The molecule has 3 amide bonds. The number of non-ortho nitro benzene ring substituents is 1. The van der Waals surface area contributed by atoms with E-state index in [9.17, 15) is 24.5 Å². The summed E-state index contributed by atoms with van der Waals surface area (Å²) in [5, 5.41) is 24.7. The Kier molecular flexibility index (Phi) is 8.55. The van der Waals surface area contributed by atoms with Crippen LogP contribution in [0.5, 0.6) is 0 Å². The zero-order chi connectivity index (χ0) is 27.1. The number of nitrogens with one attached hydrogen (secondary N) is 4. The van der Waals surface area contributed by atoms with Crippen molar-refractivity contribution in [2.45, 2.75) is 24.8 Å². The lowest BCUT2D eigenvalue weighted by atomic mass is 9.86. The highest BCUT2D eigenvalue weighted by Gasteiger charge is 2.40. The topological polar surface area (TPSA) is 142 Å². The Balaban J connectivity index is 1.39. The Bertz CT molecular complexity index is 1360. The summed E-state index contributed by atoms with van der Waals surface area (Å²) in [5.74, 6) is -0.949. The number of halogens is 1. The molecule has 0 bridgehead atoms. The van der Waals surface area contributed by atoms with E-state index in [1.54, 1.807) is 54.6 Å². The summed E-state index contributed by atoms with van der Waals surface area (Å²) in [7, 11) is 0. The zero-order valence-electron chi connectivity index (χ0n) is 20.6. The molecule has 0 spiro atoms. The molecular weight excluding hydrogens is 510 g/mol. The van der Waals surface area contributed by atoms with E-state index in [1.807, 2.05) is 0 Å². The van der Waals surface area contributed by atoms with Crippen molar-refractivity contribution in [2.24, 2.45) is 0 Å². The van der Waals surface area contributed by atoms with E-state index in [1.165, 1.54) is 6.07 Å². The van der Waals surface area contributed by atoms with Crippen molar-refractivity contribution in [3.05, 3.63) is 86.9 Å². The van der Waals surface area contributed by atoms with E-state index >= 15 is 0 Å². The van der Waals surface area contributed by atoms with Gasteiger partial charge in [-0.2, -0.15) is 0 Å². The van der Waals surface area contributed by atoms with Crippen LogP contribution in [-0.2, 0) is 16.0 Å². The minimum absolute atomic E-state index is 0.0258. The van der Waals surface area contributed by atoms with Crippen LogP contribution in [0.4, 0.5) is 5.69 Å². The number of fused-ring (bicyclic) bond motifs is 1. The fourth-order valence-electron chi connectivity index (χ4n) is 4.63. The van der Waals surface area contributed by atoms with Crippen LogP contribution in [0.15, 0.2) is 60.7 Å². The molecule has 0 unspecified atom stereocenters.